The Morgan fingerprint density at radius 1 is 0.977 bits per heavy atom. The van der Waals surface area contributed by atoms with E-state index in [1.165, 1.54) is 0 Å². The zero-order chi connectivity index (χ0) is 29.9. The highest BCUT2D eigenvalue weighted by Gasteiger charge is 2.55. The summed E-state index contributed by atoms with van der Waals surface area (Å²) in [6, 6.07) is 9.81. The molecule has 43 heavy (non-hydrogen) atoms. The van der Waals surface area contributed by atoms with Crippen LogP contribution in [0, 0.1) is 0 Å². The number of anilines is 6. The number of hydrogen-bond acceptors (Lipinski definition) is 13. The Balaban J connectivity index is 1.21. The van der Waals surface area contributed by atoms with Gasteiger partial charge in [0, 0.05) is 43.4 Å². The van der Waals surface area contributed by atoms with Crippen LogP contribution in [0.4, 0.5) is 35.0 Å². The number of nitrogens with one attached hydrogen (secondary N) is 1. The molecule has 3 aromatic rings. The molecule has 0 radical (unpaired) electrons. The monoisotopic (exact) mass is 588 g/mol. The van der Waals surface area contributed by atoms with Crippen molar-refractivity contribution in [2.24, 2.45) is 0 Å². The zero-order valence-electron chi connectivity index (χ0n) is 25.4. The summed E-state index contributed by atoms with van der Waals surface area (Å²) in [4.78, 5) is 23.4. The van der Waals surface area contributed by atoms with E-state index in [9.17, 15) is 5.11 Å². The Morgan fingerprint density at radius 2 is 1.77 bits per heavy atom. The van der Waals surface area contributed by atoms with Crippen molar-refractivity contribution in [2.75, 3.05) is 66.5 Å². The van der Waals surface area contributed by atoms with Crippen LogP contribution in [0.5, 0.6) is 0 Å². The van der Waals surface area contributed by atoms with Gasteiger partial charge in [-0.3, -0.25) is 0 Å². The van der Waals surface area contributed by atoms with E-state index in [2.05, 4.69) is 58.0 Å². The highest BCUT2D eigenvalue weighted by Crippen LogP contribution is 2.53. The predicted molar refractivity (Wildman–Crippen MR) is 163 cm³/mol. The molecule has 7 heterocycles. The molecule has 228 valence electrons. The number of nitrogens with zero attached hydrogens (tertiary/aromatic N) is 9. The molecule has 4 aliphatic rings. The van der Waals surface area contributed by atoms with Gasteiger partial charge in [-0.15, -0.1) is 10.2 Å². The van der Waals surface area contributed by atoms with Crippen molar-refractivity contribution in [3.63, 3.8) is 0 Å². The van der Waals surface area contributed by atoms with Gasteiger partial charge in [0.1, 0.15) is 17.5 Å². The molecule has 0 bridgehead atoms. The number of aromatic nitrogens is 5. The molecule has 0 amide bonds. The maximum Gasteiger partial charge on any atom is 0.239 e. The molecule has 3 fully saturated rings. The van der Waals surface area contributed by atoms with Gasteiger partial charge in [-0.25, -0.2) is 9.97 Å². The Morgan fingerprint density at radius 3 is 2.49 bits per heavy atom. The SMILES string of the molecule is C[C@H]1COC(O)N1c1cccc(N2c3nc(Nc4ccc(N5CCN(C)CC5)nn4)ncc3[C@@]3(C)COC(C)(C)C[C@@H]23)n1. The van der Waals surface area contributed by atoms with Crippen molar-refractivity contribution in [3.8, 4) is 0 Å². The summed E-state index contributed by atoms with van der Waals surface area (Å²) in [6.45, 7) is 13.3. The molecule has 0 spiro atoms. The molecule has 0 aliphatic carbocycles. The van der Waals surface area contributed by atoms with E-state index in [0.717, 1.165) is 55.6 Å². The first-order valence-electron chi connectivity index (χ1n) is 15.0. The molecule has 1 unspecified atom stereocenters. The fraction of sp³-hybridized carbons (Fsp3) is 0.567. The third-order valence-corrected chi connectivity index (χ3v) is 9.25. The Labute approximate surface area is 251 Å². The minimum Gasteiger partial charge on any atom is -0.374 e. The van der Waals surface area contributed by atoms with E-state index in [4.69, 9.17) is 24.4 Å². The second kappa shape index (κ2) is 10.5. The predicted octanol–water partition coefficient (Wildman–Crippen LogP) is 2.63. The van der Waals surface area contributed by atoms with Gasteiger partial charge in [-0.2, -0.15) is 4.98 Å². The summed E-state index contributed by atoms with van der Waals surface area (Å²) in [5.41, 5.74) is 0.361. The van der Waals surface area contributed by atoms with Crippen LogP contribution in [0.1, 0.15) is 39.7 Å². The molecule has 7 rings (SSSR count). The van der Waals surface area contributed by atoms with Crippen LogP contribution in [0.25, 0.3) is 0 Å². The van der Waals surface area contributed by atoms with Crippen molar-refractivity contribution < 1.29 is 14.6 Å². The van der Waals surface area contributed by atoms with Crippen LogP contribution >= 0.6 is 0 Å². The lowest BCUT2D eigenvalue weighted by Crippen LogP contribution is -2.54. The average molecular weight is 589 g/mol. The van der Waals surface area contributed by atoms with E-state index in [0.29, 0.717) is 30.8 Å². The standard InChI is InChI=1S/C30H40N10O3/c1-19-17-42-28(41)39(19)23-7-6-8-24(33-23)40-21-15-29(2,3)43-18-30(21,4)20-16-31-27(34-26(20)40)32-22-9-10-25(36-35-22)38-13-11-37(5)12-14-38/h6-10,16,19,21,28,41H,11-15,17-18H2,1-5H3,(H,31,32,34,35)/t19-,21+,28?,30+/m0/s1. The summed E-state index contributed by atoms with van der Waals surface area (Å²) < 4.78 is 11.8. The van der Waals surface area contributed by atoms with E-state index in [1.54, 1.807) is 4.90 Å². The number of aliphatic hydroxyl groups excluding tert-OH is 1. The number of piperazine rings is 1. The molecule has 3 aromatic heterocycles. The van der Waals surface area contributed by atoms with E-state index in [-0.39, 0.29) is 23.1 Å². The van der Waals surface area contributed by atoms with Gasteiger partial charge in [-0.05, 0) is 58.5 Å². The highest BCUT2D eigenvalue weighted by molar-refractivity contribution is 5.71. The number of fused-ring (bicyclic) bond motifs is 3. The van der Waals surface area contributed by atoms with Crippen molar-refractivity contribution in [2.45, 2.75) is 63.6 Å². The smallest absolute Gasteiger partial charge is 0.239 e. The molecule has 4 aliphatic heterocycles. The average Bonchev–Trinajstić information content (AvgIpc) is 3.45. The largest absolute Gasteiger partial charge is 0.374 e. The highest BCUT2D eigenvalue weighted by atomic mass is 16.6. The van der Waals surface area contributed by atoms with Crippen molar-refractivity contribution in [1.29, 1.82) is 0 Å². The van der Waals surface area contributed by atoms with Crippen LogP contribution in [-0.2, 0) is 14.9 Å². The zero-order valence-corrected chi connectivity index (χ0v) is 25.4. The first-order valence-corrected chi connectivity index (χ1v) is 15.0. The second-order valence-electron chi connectivity index (χ2n) is 12.9. The topological polar surface area (TPSA) is 128 Å². The third-order valence-electron chi connectivity index (χ3n) is 9.25. The molecule has 0 saturated carbocycles. The number of rotatable bonds is 5. The Hall–Kier alpha value is -3.65. The summed E-state index contributed by atoms with van der Waals surface area (Å²) in [5, 5.41) is 22.7. The first-order chi connectivity index (χ1) is 20.6. The quantitative estimate of drug-likeness (QED) is 0.454. The minimum atomic E-state index is -1.03. The number of pyridine rings is 1. The van der Waals surface area contributed by atoms with Gasteiger partial charge in [0.2, 0.25) is 12.4 Å². The molecule has 0 aromatic carbocycles. The molecule has 13 nitrogen and oxygen atoms in total. The number of aliphatic hydroxyl groups is 1. The fourth-order valence-corrected chi connectivity index (χ4v) is 6.60. The van der Waals surface area contributed by atoms with Crippen LogP contribution in [-0.4, -0.2) is 106 Å². The molecular weight excluding hydrogens is 548 g/mol. The van der Waals surface area contributed by atoms with Gasteiger partial charge in [-0.1, -0.05) is 13.0 Å². The Kier molecular flexibility index (Phi) is 6.88. The molecule has 2 N–H and O–H groups in total. The Bertz CT molecular complexity index is 1470. The third kappa shape index (κ3) is 5.03. The summed E-state index contributed by atoms with van der Waals surface area (Å²) >= 11 is 0. The van der Waals surface area contributed by atoms with E-state index in [1.807, 2.05) is 43.5 Å². The fourth-order valence-electron chi connectivity index (χ4n) is 6.60. The van der Waals surface area contributed by atoms with Gasteiger partial charge in [0.15, 0.2) is 11.6 Å². The van der Waals surface area contributed by atoms with Crippen LogP contribution in [0.3, 0.4) is 0 Å². The summed E-state index contributed by atoms with van der Waals surface area (Å²) in [7, 11) is 2.14. The normalized spacial score (nSPS) is 28.6. The van der Waals surface area contributed by atoms with Gasteiger partial charge in [0.05, 0.1) is 30.9 Å². The number of ether oxygens (including phenoxy) is 2. The summed E-state index contributed by atoms with van der Waals surface area (Å²) in [6.07, 6.45) is 1.65. The van der Waals surface area contributed by atoms with Crippen LogP contribution in [0.2, 0.25) is 0 Å². The second-order valence-corrected chi connectivity index (χ2v) is 12.9. The number of likely N-dealkylation sites (N-methyl/N-ethyl adjacent to an activating group) is 1. The lowest BCUT2D eigenvalue weighted by molar-refractivity contribution is -0.0893. The van der Waals surface area contributed by atoms with Gasteiger partial charge >= 0.3 is 0 Å². The minimum absolute atomic E-state index is 0.00206. The molecular formula is C30H40N10O3. The number of hydrogen-bond donors (Lipinski definition) is 2. The van der Waals surface area contributed by atoms with Crippen molar-refractivity contribution in [3.05, 3.63) is 42.1 Å². The van der Waals surface area contributed by atoms with Gasteiger partial charge < -0.3 is 39.5 Å². The van der Waals surface area contributed by atoms with Gasteiger partial charge in [0.25, 0.3) is 0 Å². The van der Waals surface area contributed by atoms with Crippen molar-refractivity contribution >= 4 is 35.0 Å². The lowest BCUT2D eigenvalue weighted by atomic mass is 9.73. The summed E-state index contributed by atoms with van der Waals surface area (Å²) in [5.74, 6) is 4.06. The molecule has 4 atom stereocenters. The maximum atomic E-state index is 10.5. The maximum absolute atomic E-state index is 10.5. The van der Waals surface area contributed by atoms with Crippen LogP contribution < -0.4 is 20.0 Å². The van der Waals surface area contributed by atoms with E-state index < -0.39 is 6.41 Å². The van der Waals surface area contributed by atoms with E-state index >= 15 is 0 Å². The molecule has 13 heteroatoms. The molecule has 3 saturated heterocycles. The first kappa shape index (κ1) is 28.1. The van der Waals surface area contributed by atoms with Crippen LogP contribution in [0.15, 0.2) is 36.5 Å². The lowest BCUT2D eigenvalue weighted by Gasteiger charge is -2.46. The van der Waals surface area contributed by atoms with Crippen molar-refractivity contribution in [1.82, 2.24) is 30.0 Å².